The number of pyridine rings is 1. The van der Waals surface area contributed by atoms with Crippen molar-refractivity contribution in [2.24, 2.45) is 5.73 Å². The fraction of sp³-hybridized carbons (Fsp3) is 0.214. The minimum absolute atomic E-state index is 0.334. The topological polar surface area (TPSA) is 64.9 Å². The Kier molecular flexibility index (Phi) is 3.94. The molecule has 1 unspecified atom stereocenters. The predicted molar refractivity (Wildman–Crippen MR) is 70.7 cm³/mol. The first kappa shape index (κ1) is 14.3. The van der Waals surface area contributed by atoms with Crippen LogP contribution in [0.5, 0.6) is 0 Å². The molecule has 2 aromatic rings. The van der Waals surface area contributed by atoms with Gasteiger partial charge in [-0.1, -0.05) is 18.2 Å². The van der Waals surface area contributed by atoms with Gasteiger partial charge >= 0.3 is 6.18 Å². The first-order chi connectivity index (χ1) is 9.38. The van der Waals surface area contributed by atoms with Gasteiger partial charge in [-0.3, -0.25) is 0 Å². The number of nitrogen functional groups attached to an aromatic ring is 1. The monoisotopic (exact) mass is 281 g/mol. The molecule has 0 aliphatic rings. The van der Waals surface area contributed by atoms with Crippen molar-refractivity contribution >= 4 is 5.82 Å². The van der Waals surface area contributed by atoms with Gasteiger partial charge in [0.25, 0.3) is 0 Å². The minimum atomic E-state index is -4.37. The van der Waals surface area contributed by atoms with Crippen molar-refractivity contribution in [3.8, 4) is 0 Å². The fourth-order valence-electron chi connectivity index (χ4n) is 1.92. The normalized spacial score (nSPS) is 13.2. The summed E-state index contributed by atoms with van der Waals surface area (Å²) in [5.41, 5.74) is 12.1. The Hall–Kier alpha value is -2.08. The Bertz CT molecular complexity index is 596. The van der Waals surface area contributed by atoms with Crippen LogP contribution in [0, 0.1) is 0 Å². The van der Waals surface area contributed by atoms with Crippen LogP contribution in [-0.2, 0) is 12.6 Å². The summed E-state index contributed by atoms with van der Waals surface area (Å²) < 4.78 is 38.0. The van der Waals surface area contributed by atoms with E-state index >= 15 is 0 Å². The fourth-order valence-corrected chi connectivity index (χ4v) is 1.92. The molecule has 3 nitrogen and oxygen atoms in total. The molecule has 1 aromatic heterocycles. The van der Waals surface area contributed by atoms with Crippen LogP contribution >= 0.6 is 0 Å². The molecule has 0 aliphatic heterocycles. The van der Waals surface area contributed by atoms with Gasteiger partial charge in [0.15, 0.2) is 0 Å². The van der Waals surface area contributed by atoms with Gasteiger partial charge in [-0.2, -0.15) is 13.2 Å². The van der Waals surface area contributed by atoms with E-state index in [1.807, 2.05) is 0 Å². The molecule has 0 saturated carbocycles. The molecule has 0 fully saturated rings. The molecule has 106 valence electrons. The van der Waals surface area contributed by atoms with Crippen LogP contribution in [0.2, 0.25) is 0 Å². The highest BCUT2D eigenvalue weighted by Gasteiger charge is 2.30. The number of alkyl halides is 3. The third-order valence-corrected chi connectivity index (χ3v) is 3.01. The number of anilines is 1. The Morgan fingerprint density at radius 2 is 1.90 bits per heavy atom. The lowest BCUT2D eigenvalue weighted by atomic mass is 9.98. The van der Waals surface area contributed by atoms with Crippen molar-refractivity contribution in [3.63, 3.8) is 0 Å². The van der Waals surface area contributed by atoms with Crippen LogP contribution in [0.1, 0.15) is 22.7 Å². The standard InChI is InChI=1S/C14H14F3N3/c15-14(16,17)11-5-1-3-9(7-11)12(18)8-10-4-2-6-20-13(10)19/h1-7,12H,8,18H2,(H2,19,20). The Morgan fingerprint density at radius 3 is 2.55 bits per heavy atom. The smallest absolute Gasteiger partial charge is 0.383 e. The van der Waals surface area contributed by atoms with Gasteiger partial charge in [0, 0.05) is 12.2 Å². The molecular weight excluding hydrogens is 267 g/mol. The molecule has 0 spiro atoms. The summed E-state index contributed by atoms with van der Waals surface area (Å²) in [5.74, 6) is 0.343. The Morgan fingerprint density at radius 1 is 1.15 bits per heavy atom. The number of aromatic nitrogens is 1. The maximum Gasteiger partial charge on any atom is 0.416 e. The number of benzene rings is 1. The van der Waals surface area contributed by atoms with Gasteiger partial charge in [-0.05, 0) is 35.7 Å². The third-order valence-electron chi connectivity index (χ3n) is 3.01. The van der Waals surface area contributed by atoms with E-state index in [2.05, 4.69) is 4.98 Å². The minimum Gasteiger partial charge on any atom is -0.383 e. The molecule has 0 aliphatic carbocycles. The lowest BCUT2D eigenvalue weighted by Gasteiger charge is -2.15. The molecule has 1 aromatic carbocycles. The summed E-state index contributed by atoms with van der Waals surface area (Å²) in [6.45, 7) is 0. The highest BCUT2D eigenvalue weighted by atomic mass is 19.4. The maximum atomic E-state index is 12.7. The van der Waals surface area contributed by atoms with E-state index in [1.54, 1.807) is 24.4 Å². The van der Waals surface area contributed by atoms with Crippen LogP contribution in [-0.4, -0.2) is 4.98 Å². The number of nitrogens with two attached hydrogens (primary N) is 2. The van der Waals surface area contributed by atoms with Crippen LogP contribution < -0.4 is 11.5 Å². The van der Waals surface area contributed by atoms with Gasteiger partial charge in [0.2, 0.25) is 0 Å². The molecule has 2 rings (SSSR count). The van der Waals surface area contributed by atoms with Gasteiger partial charge in [0.1, 0.15) is 5.82 Å². The summed E-state index contributed by atoms with van der Waals surface area (Å²) in [5, 5.41) is 0. The van der Waals surface area contributed by atoms with Crippen LogP contribution in [0.15, 0.2) is 42.6 Å². The van der Waals surface area contributed by atoms with Gasteiger partial charge in [-0.15, -0.1) is 0 Å². The van der Waals surface area contributed by atoms with Gasteiger partial charge < -0.3 is 11.5 Å². The predicted octanol–water partition coefficient (Wildman–Crippen LogP) is 2.93. The van der Waals surface area contributed by atoms with Crippen molar-refractivity contribution in [1.29, 1.82) is 0 Å². The first-order valence-electron chi connectivity index (χ1n) is 6.00. The number of nitrogens with zero attached hydrogens (tertiary/aromatic N) is 1. The van der Waals surface area contributed by atoms with Gasteiger partial charge in [-0.25, -0.2) is 4.98 Å². The van der Waals surface area contributed by atoms with Crippen LogP contribution in [0.25, 0.3) is 0 Å². The second kappa shape index (κ2) is 5.50. The number of hydrogen-bond acceptors (Lipinski definition) is 3. The SMILES string of the molecule is Nc1ncccc1CC(N)c1cccc(C(F)(F)F)c1. The van der Waals surface area contributed by atoms with E-state index in [9.17, 15) is 13.2 Å². The molecule has 6 heteroatoms. The molecule has 4 N–H and O–H groups in total. The molecule has 1 atom stereocenters. The average molecular weight is 281 g/mol. The Labute approximate surface area is 114 Å². The molecule has 0 bridgehead atoms. The van der Waals surface area contributed by atoms with E-state index in [-0.39, 0.29) is 0 Å². The van der Waals surface area contributed by atoms with Crippen molar-refractivity contribution in [2.45, 2.75) is 18.6 Å². The number of hydrogen-bond donors (Lipinski definition) is 2. The zero-order chi connectivity index (χ0) is 14.8. The summed E-state index contributed by atoms with van der Waals surface area (Å²) in [6, 6.07) is 7.92. The van der Waals surface area contributed by atoms with Crippen molar-refractivity contribution < 1.29 is 13.2 Å². The first-order valence-corrected chi connectivity index (χ1v) is 6.00. The van der Waals surface area contributed by atoms with E-state index in [0.29, 0.717) is 17.8 Å². The van der Waals surface area contributed by atoms with E-state index in [1.165, 1.54) is 6.07 Å². The molecule has 0 radical (unpaired) electrons. The van der Waals surface area contributed by atoms with E-state index in [0.717, 1.165) is 17.7 Å². The molecular formula is C14H14F3N3. The van der Waals surface area contributed by atoms with Crippen molar-refractivity contribution in [3.05, 3.63) is 59.3 Å². The maximum absolute atomic E-state index is 12.7. The summed E-state index contributed by atoms with van der Waals surface area (Å²) in [4.78, 5) is 3.92. The van der Waals surface area contributed by atoms with Crippen LogP contribution in [0.3, 0.4) is 0 Å². The molecule has 1 heterocycles. The number of rotatable bonds is 3. The van der Waals surface area contributed by atoms with Gasteiger partial charge in [0.05, 0.1) is 5.56 Å². The number of halogens is 3. The molecule has 20 heavy (non-hydrogen) atoms. The Balaban J connectivity index is 2.22. The second-order valence-corrected chi connectivity index (χ2v) is 4.48. The lowest BCUT2D eigenvalue weighted by Crippen LogP contribution is -2.16. The summed E-state index contributed by atoms with van der Waals surface area (Å²) >= 11 is 0. The van der Waals surface area contributed by atoms with Crippen LogP contribution in [0.4, 0.5) is 19.0 Å². The quantitative estimate of drug-likeness (QED) is 0.909. The summed E-state index contributed by atoms with van der Waals surface area (Å²) in [6.07, 6.45) is -2.49. The average Bonchev–Trinajstić information content (AvgIpc) is 2.40. The zero-order valence-electron chi connectivity index (χ0n) is 10.6. The molecule has 0 saturated heterocycles. The largest absolute Gasteiger partial charge is 0.416 e. The van der Waals surface area contributed by atoms with Crippen molar-refractivity contribution in [2.75, 3.05) is 5.73 Å². The summed E-state index contributed by atoms with van der Waals surface area (Å²) in [7, 11) is 0. The highest BCUT2D eigenvalue weighted by Crippen LogP contribution is 2.31. The second-order valence-electron chi connectivity index (χ2n) is 4.48. The lowest BCUT2D eigenvalue weighted by molar-refractivity contribution is -0.137. The third kappa shape index (κ3) is 3.27. The zero-order valence-corrected chi connectivity index (χ0v) is 10.6. The highest BCUT2D eigenvalue weighted by molar-refractivity contribution is 5.40. The molecule has 0 amide bonds. The van der Waals surface area contributed by atoms with Crippen molar-refractivity contribution in [1.82, 2.24) is 4.98 Å². The van der Waals surface area contributed by atoms with E-state index in [4.69, 9.17) is 11.5 Å². The van der Waals surface area contributed by atoms with E-state index < -0.39 is 17.8 Å².